The van der Waals surface area contributed by atoms with Crippen molar-refractivity contribution < 1.29 is 23.4 Å². The Morgan fingerprint density at radius 3 is 2.80 bits per heavy atom. The molecule has 0 saturated carbocycles. The van der Waals surface area contributed by atoms with Gasteiger partial charge in [-0.25, -0.2) is 18.6 Å². The normalized spacial score (nSPS) is 12.0. The van der Waals surface area contributed by atoms with Crippen molar-refractivity contribution in [2.45, 2.75) is 6.10 Å². The molecule has 7 nitrogen and oxygen atoms in total. The Labute approximate surface area is 169 Å². The van der Waals surface area contributed by atoms with E-state index < -0.39 is 29.4 Å². The number of carbonyl (C=O) groups is 1. The second kappa shape index (κ2) is 7.88. The molecule has 3 heterocycles. The summed E-state index contributed by atoms with van der Waals surface area (Å²) in [5.41, 5.74) is 1.29. The molecule has 0 radical (unpaired) electrons. The van der Waals surface area contributed by atoms with Gasteiger partial charge < -0.3 is 14.8 Å². The van der Waals surface area contributed by atoms with Crippen LogP contribution in [0.25, 0.3) is 22.2 Å². The number of halogens is 2. The smallest absolute Gasteiger partial charge is 0.411 e. The van der Waals surface area contributed by atoms with Crippen LogP contribution in [0, 0.1) is 11.6 Å². The first-order valence-electron chi connectivity index (χ1n) is 8.88. The average Bonchev–Trinajstić information content (AvgIpc) is 3.19. The highest BCUT2D eigenvalue weighted by molar-refractivity contribution is 5.86. The van der Waals surface area contributed by atoms with E-state index in [1.54, 1.807) is 30.7 Å². The van der Waals surface area contributed by atoms with Crippen LogP contribution in [-0.2, 0) is 4.74 Å². The van der Waals surface area contributed by atoms with Crippen molar-refractivity contribution in [2.75, 3.05) is 12.4 Å². The SMILES string of the molecule is COC(=O)Nc1ccc(F)c(C(O)c2c[nH]c3ncc(-c4cccnc4)cc23)c1F. The van der Waals surface area contributed by atoms with Crippen molar-refractivity contribution in [3.63, 3.8) is 0 Å². The molecular formula is C21H16F2N4O3. The maximum absolute atomic E-state index is 14.9. The van der Waals surface area contributed by atoms with E-state index in [4.69, 9.17) is 0 Å². The van der Waals surface area contributed by atoms with E-state index in [9.17, 15) is 18.7 Å². The second-order valence-corrected chi connectivity index (χ2v) is 6.45. The van der Waals surface area contributed by atoms with Crippen molar-refractivity contribution in [1.82, 2.24) is 15.0 Å². The third kappa shape index (κ3) is 3.46. The Kier molecular flexibility index (Phi) is 5.11. The minimum atomic E-state index is -1.65. The number of hydrogen-bond donors (Lipinski definition) is 3. The summed E-state index contributed by atoms with van der Waals surface area (Å²) >= 11 is 0. The summed E-state index contributed by atoms with van der Waals surface area (Å²) in [5.74, 6) is -2.06. The monoisotopic (exact) mass is 410 g/mol. The third-order valence-electron chi connectivity index (χ3n) is 4.67. The quantitative estimate of drug-likeness (QED) is 0.469. The molecule has 0 spiro atoms. The average molecular weight is 410 g/mol. The maximum atomic E-state index is 14.9. The topological polar surface area (TPSA) is 100 Å². The highest BCUT2D eigenvalue weighted by atomic mass is 19.1. The molecule has 0 aliphatic heterocycles. The Balaban J connectivity index is 1.79. The number of rotatable bonds is 4. The zero-order valence-corrected chi connectivity index (χ0v) is 15.7. The lowest BCUT2D eigenvalue weighted by Crippen LogP contribution is -2.14. The maximum Gasteiger partial charge on any atom is 0.411 e. The fourth-order valence-electron chi connectivity index (χ4n) is 3.17. The van der Waals surface area contributed by atoms with Gasteiger partial charge in [-0.1, -0.05) is 6.07 Å². The van der Waals surface area contributed by atoms with Gasteiger partial charge in [-0.05, 0) is 24.3 Å². The Morgan fingerprint density at radius 2 is 2.07 bits per heavy atom. The fourth-order valence-corrected chi connectivity index (χ4v) is 3.17. The van der Waals surface area contributed by atoms with Crippen LogP contribution >= 0.6 is 0 Å². The molecule has 1 unspecified atom stereocenters. The summed E-state index contributed by atoms with van der Waals surface area (Å²) in [6, 6.07) is 7.38. The number of ether oxygens (including phenoxy) is 1. The van der Waals surface area contributed by atoms with Crippen LogP contribution in [0.4, 0.5) is 19.3 Å². The number of aromatic nitrogens is 3. The van der Waals surface area contributed by atoms with Gasteiger partial charge in [-0.15, -0.1) is 0 Å². The standard InChI is InChI=1S/C21H16F2N4O3/c1-30-21(29)27-16-5-4-15(22)17(18(16)23)19(28)14-10-26-20-13(14)7-12(9-25-20)11-3-2-6-24-8-11/h2-10,19,28H,1H3,(H,25,26)(H,27,29). The summed E-state index contributed by atoms with van der Waals surface area (Å²) in [6.07, 6.45) is 3.81. The number of amides is 1. The number of fused-ring (bicyclic) bond motifs is 1. The molecule has 0 aliphatic rings. The van der Waals surface area contributed by atoms with Crippen molar-refractivity contribution >= 4 is 22.8 Å². The predicted octanol–water partition coefficient (Wildman–Crippen LogP) is 4.16. The van der Waals surface area contributed by atoms with Gasteiger partial charge >= 0.3 is 6.09 Å². The van der Waals surface area contributed by atoms with Crippen LogP contribution < -0.4 is 5.32 Å². The van der Waals surface area contributed by atoms with E-state index in [1.165, 1.54) is 6.20 Å². The summed E-state index contributed by atoms with van der Waals surface area (Å²) < 4.78 is 33.8. The lowest BCUT2D eigenvalue weighted by molar-refractivity contribution is 0.186. The van der Waals surface area contributed by atoms with Crippen LogP contribution in [0.3, 0.4) is 0 Å². The number of nitrogens with one attached hydrogen (secondary N) is 2. The van der Waals surface area contributed by atoms with Gasteiger partial charge in [0.15, 0.2) is 5.82 Å². The van der Waals surface area contributed by atoms with Crippen LogP contribution in [0.2, 0.25) is 0 Å². The summed E-state index contributed by atoms with van der Waals surface area (Å²) in [6.45, 7) is 0. The van der Waals surface area contributed by atoms with E-state index >= 15 is 0 Å². The van der Waals surface area contributed by atoms with E-state index in [1.807, 2.05) is 6.07 Å². The number of anilines is 1. The first-order valence-corrected chi connectivity index (χ1v) is 8.88. The highest BCUT2D eigenvalue weighted by Gasteiger charge is 2.25. The molecule has 4 rings (SSSR count). The van der Waals surface area contributed by atoms with Crippen molar-refractivity contribution in [3.05, 3.63) is 77.9 Å². The largest absolute Gasteiger partial charge is 0.453 e. The molecule has 30 heavy (non-hydrogen) atoms. The minimum absolute atomic E-state index is 0.233. The zero-order chi connectivity index (χ0) is 21.3. The van der Waals surface area contributed by atoms with Gasteiger partial charge in [-0.2, -0.15) is 0 Å². The molecule has 0 aliphatic carbocycles. The van der Waals surface area contributed by atoms with Crippen molar-refractivity contribution in [2.24, 2.45) is 0 Å². The van der Waals surface area contributed by atoms with Crippen molar-refractivity contribution in [3.8, 4) is 11.1 Å². The minimum Gasteiger partial charge on any atom is -0.453 e. The van der Waals surface area contributed by atoms with Gasteiger partial charge in [0.1, 0.15) is 17.6 Å². The molecule has 3 N–H and O–H groups in total. The van der Waals surface area contributed by atoms with Gasteiger partial charge in [0, 0.05) is 46.9 Å². The molecule has 1 atom stereocenters. The first kappa shape index (κ1) is 19.5. The third-order valence-corrected chi connectivity index (χ3v) is 4.67. The lowest BCUT2D eigenvalue weighted by atomic mass is 9.98. The number of aliphatic hydroxyl groups is 1. The number of methoxy groups -OCH3 is 1. The Hall–Kier alpha value is -3.85. The zero-order valence-electron chi connectivity index (χ0n) is 15.7. The molecule has 0 bridgehead atoms. The number of aliphatic hydroxyl groups excluding tert-OH is 1. The second-order valence-electron chi connectivity index (χ2n) is 6.45. The molecular weight excluding hydrogens is 394 g/mol. The number of H-pyrrole nitrogens is 1. The van der Waals surface area contributed by atoms with E-state index in [0.29, 0.717) is 11.0 Å². The summed E-state index contributed by atoms with van der Waals surface area (Å²) in [5, 5.41) is 13.5. The van der Waals surface area contributed by atoms with Crippen molar-refractivity contribution in [1.29, 1.82) is 0 Å². The fraction of sp³-hybridized carbons (Fsp3) is 0.0952. The first-order chi connectivity index (χ1) is 14.5. The molecule has 1 amide bonds. The predicted molar refractivity (Wildman–Crippen MR) is 106 cm³/mol. The van der Waals surface area contributed by atoms with Crippen LogP contribution in [0.1, 0.15) is 17.2 Å². The van der Waals surface area contributed by atoms with Crippen LogP contribution in [-0.4, -0.2) is 33.3 Å². The summed E-state index contributed by atoms with van der Waals surface area (Å²) in [7, 11) is 1.12. The molecule has 3 aromatic heterocycles. The molecule has 152 valence electrons. The summed E-state index contributed by atoms with van der Waals surface area (Å²) in [4.78, 5) is 22.7. The molecule has 1 aromatic carbocycles. The number of benzene rings is 1. The molecule has 9 heteroatoms. The number of hydrogen-bond acceptors (Lipinski definition) is 5. The van der Waals surface area contributed by atoms with E-state index in [0.717, 1.165) is 30.4 Å². The lowest BCUT2D eigenvalue weighted by Gasteiger charge is -2.15. The van der Waals surface area contributed by atoms with Gasteiger partial charge in [0.05, 0.1) is 18.4 Å². The Morgan fingerprint density at radius 1 is 1.23 bits per heavy atom. The Bertz CT molecular complexity index is 1230. The highest BCUT2D eigenvalue weighted by Crippen LogP contribution is 2.35. The number of nitrogens with zero attached hydrogens (tertiary/aromatic N) is 2. The molecule has 4 aromatic rings. The number of pyridine rings is 2. The van der Waals surface area contributed by atoms with Gasteiger partial charge in [-0.3, -0.25) is 10.3 Å². The number of carbonyl (C=O) groups excluding carboxylic acids is 1. The van der Waals surface area contributed by atoms with Gasteiger partial charge in [0.2, 0.25) is 0 Å². The molecule has 0 saturated heterocycles. The number of aromatic amines is 1. The van der Waals surface area contributed by atoms with Gasteiger partial charge in [0.25, 0.3) is 0 Å². The molecule has 0 fully saturated rings. The van der Waals surface area contributed by atoms with E-state index in [2.05, 4.69) is 25.0 Å². The van der Waals surface area contributed by atoms with Crippen LogP contribution in [0.15, 0.2) is 55.1 Å². The van der Waals surface area contributed by atoms with E-state index in [-0.39, 0.29) is 11.3 Å². The van der Waals surface area contributed by atoms with Crippen LogP contribution in [0.5, 0.6) is 0 Å².